The molecule has 2 atom stereocenters. The summed E-state index contributed by atoms with van der Waals surface area (Å²) in [4.78, 5) is 16.2. The fraction of sp³-hybridized carbons (Fsp3) is 0.583. The minimum Gasteiger partial charge on any atom is -0.391 e. The van der Waals surface area contributed by atoms with Crippen molar-refractivity contribution in [3.8, 4) is 5.95 Å². The van der Waals surface area contributed by atoms with E-state index in [9.17, 15) is 5.11 Å². The van der Waals surface area contributed by atoms with Crippen LogP contribution in [0.15, 0.2) is 12.7 Å². The van der Waals surface area contributed by atoms with Crippen LogP contribution in [0.4, 0.5) is 11.9 Å². The van der Waals surface area contributed by atoms with Gasteiger partial charge in [-0.15, -0.1) is 0 Å². The molecule has 2 aromatic heterocycles. The van der Waals surface area contributed by atoms with Gasteiger partial charge in [-0.25, -0.2) is 4.98 Å². The largest absolute Gasteiger partial charge is 0.391 e. The first-order valence-corrected chi connectivity index (χ1v) is 7.03. The number of nitrogens with zero attached hydrogens (tertiary/aromatic N) is 6. The van der Waals surface area contributed by atoms with Gasteiger partial charge < -0.3 is 16.2 Å². The summed E-state index contributed by atoms with van der Waals surface area (Å²) in [7, 11) is 0. The number of anilines is 2. The van der Waals surface area contributed by atoms with Gasteiger partial charge in [0.2, 0.25) is 11.9 Å². The molecular formula is C12H18N8O. The molecule has 2 aromatic rings. The van der Waals surface area contributed by atoms with Gasteiger partial charge in [0.25, 0.3) is 5.95 Å². The monoisotopic (exact) mass is 290 g/mol. The number of aromatic nitrogens is 6. The number of aliphatic hydroxyl groups is 1. The zero-order chi connectivity index (χ0) is 14.7. The van der Waals surface area contributed by atoms with Crippen LogP contribution in [0.2, 0.25) is 0 Å². The molecule has 9 heteroatoms. The van der Waals surface area contributed by atoms with E-state index in [0.717, 1.165) is 32.1 Å². The smallest absolute Gasteiger partial charge is 0.258 e. The fourth-order valence-corrected chi connectivity index (χ4v) is 2.48. The van der Waals surface area contributed by atoms with Gasteiger partial charge >= 0.3 is 0 Å². The molecular weight excluding hydrogens is 272 g/mol. The maximum Gasteiger partial charge on any atom is 0.258 e. The lowest BCUT2D eigenvalue weighted by atomic mass is 10.1. The second-order valence-electron chi connectivity index (χ2n) is 5.11. The number of nitrogens with one attached hydrogen (secondary N) is 1. The molecule has 0 radical (unpaired) electrons. The second-order valence-corrected chi connectivity index (χ2v) is 5.11. The molecule has 1 aliphatic carbocycles. The topological polar surface area (TPSA) is 128 Å². The molecule has 0 bridgehead atoms. The van der Waals surface area contributed by atoms with E-state index in [2.05, 4.69) is 30.4 Å². The molecule has 1 saturated carbocycles. The van der Waals surface area contributed by atoms with Gasteiger partial charge in [-0.1, -0.05) is 19.3 Å². The van der Waals surface area contributed by atoms with Crippen LogP contribution in [0.5, 0.6) is 0 Å². The van der Waals surface area contributed by atoms with Crippen molar-refractivity contribution in [2.45, 2.75) is 44.2 Å². The Balaban J connectivity index is 1.81. The molecule has 0 amide bonds. The highest BCUT2D eigenvalue weighted by atomic mass is 16.3. The summed E-state index contributed by atoms with van der Waals surface area (Å²) in [6.07, 6.45) is 7.40. The maximum atomic E-state index is 10.1. The summed E-state index contributed by atoms with van der Waals surface area (Å²) >= 11 is 0. The minimum absolute atomic E-state index is 0.0714. The average molecular weight is 290 g/mol. The third-order valence-corrected chi connectivity index (χ3v) is 3.56. The summed E-state index contributed by atoms with van der Waals surface area (Å²) in [6.45, 7) is 0. The zero-order valence-electron chi connectivity index (χ0n) is 11.6. The minimum atomic E-state index is -0.402. The standard InChI is InChI=1S/C12H18N8O/c13-10-17-11(16-8-4-2-1-3-5-9(8)21)19-12(18-10)20-7-14-6-15-20/h6-9,21H,1-5H2,(H3,13,16,17,18,19). The van der Waals surface area contributed by atoms with Gasteiger partial charge in [-0.3, -0.25) is 0 Å². The molecule has 0 saturated heterocycles. The molecule has 3 rings (SSSR count). The van der Waals surface area contributed by atoms with Crippen LogP contribution in [0.25, 0.3) is 5.95 Å². The van der Waals surface area contributed by atoms with E-state index >= 15 is 0 Å². The van der Waals surface area contributed by atoms with Gasteiger partial charge in [-0.05, 0) is 12.8 Å². The second kappa shape index (κ2) is 6.00. The number of hydrogen-bond acceptors (Lipinski definition) is 8. The summed E-state index contributed by atoms with van der Waals surface area (Å²) in [5, 5.41) is 17.3. The van der Waals surface area contributed by atoms with E-state index in [-0.39, 0.29) is 12.0 Å². The predicted octanol–water partition coefficient (Wildman–Crippen LogP) is 0.140. The number of aliphatic hydroxyl groups excluding tert-OH is 1. The normalized spacial score (nSPS) is 22.7. The van der Waals surface area contributed by atoms with Crippen molar-refractivity contribution in [3.05, 3.63) is 12.7 Å². The third-order valence-electron chi connectivity index (χ3n) is 3.56. The van der Waals surface area contributed by atoms with Crippen LogP contribution in [-0.4, -0.2) is 47.0 Å². The van der Waals surface area contributed by atoms with Crippen molar-refractivity contribution in [3.63, 3.8) is 0 Å². The van der Waals surface area contributed by atoms with Gasteiger partial charge in [0, 0.05) is 0 Å². The molecule has 4 N–H and O–H groups in total. The summed E-state index contributed by atoms with van der Waals surface area (Å²) in [6, 6.07) is -0.0714. The lowest BCUT2D eigenvalue weighted by Crippen LogP contribution is -2.33. The Morgan fingerprint density at radius 1 is 1.19 bits per heavy atom. The first kappa shape index (κ1) is 13.7. The van der Waals surface area contributed by atoms with Crippen LogP contribution >= 0.6 is 0 Å². The molecule has 112 valence electrons. The Morgan fingerprint density at radius 3 is 2.86 bits per heavy atom. The van der Waals surface area contributed by atoms with Crippen molar-refractivity contribution in [2.75, 3.05) is 11.1 Å². The van der Waals surface area contributed by atoms with Crippen LogP contribution in [0, 0.1) is 0 Å². The van der Waals surface area contributed by atoms with Crippen LogP contribution in [-0.2, 0) is 0 Å². The highest BCUT2D eigenvalue weighted by molar-refractivity contribution is 5.35. The Morgan fingerprint density at radius 2 is 2.05 bits per heavy atom. The SMILES string of the molecule is Nc1nc(NC2CCCCCC2O)nc(-n2cncn2)n1. The highest BCUT2D eigenvalue weighted by Gasteiger charge is 2.22. The summed E-state index contributed by atoms with van der Waals surface area (Å²) in [5.41, 5.74) is 5.71. The number of rotatable bonds is 3. The average Bonchev–Trinajstić information content (AvgIpc) is 2.92. The van der Waals surface area contributed by atoms with E-state index in [0.29, 0.717) is 11.9 Å². The van der Waals surface area contributed by atoms with Crippen molar-refractivity contribution in [2.24, 2.45) is 0 Å². The molecule has 2 unspecified atom stereocenters. The van der Waals surface area contributed by atoms with Crippen molar-refractivity contribution < 1.29 is 5.11 Å². The molecule has 9 nitrogen and oxygen atoms in total. The van der Waals surface area contributed by atoms with Crippen molar-refractivity contribution >= 4 is 11.9 Å². The lowest BCUT2D eigenvalue weighted by molar-refractivity contribution is 0.144. The van der Waals surface area contributed by atoms with Crippen LogP contribution in [0.3, 0.4) is 0 Å². The van der Waals surface area contributed by atoms with E-state index in [1.54, 1.807) is 0 Å². The number of nitrogens with two attached hydrogens (primary N) is 1. The lowest BCUT2D eigenvalue weighted by Gasteiger charge is -2.21. The quantitative estimate of drug-likeness (QED) is 0.681. The molecule has 1 fully saturated rings. The van der Waals surface area contributed by atoms with Crippen molar-refractivity contribution in [1.29, 1.82) is 0 Å². The summed E-state index contributed by atoms with van der Waals surface area (Å²) in [5.74, 6) is 0.741. The first-order chi connectivity index (χ1) is 10.2. The molecule has 0 aliphatic heterocycles. The Bertz CT molecular complexity index is 587. The maximum absolute atomic E-state index is 10.1. The van der Waals surface area contributed by atoms with Crippen LogP contribution < -0.4 is 11.1 Å². The zero-order valence-corrected chi connectivity index (χ0v) is 11.6. The Labute approximate surface area is 121 Å². The third kappa shape index (κ3) is 3.24. The molecule has 2 heterocycles. The Hall–Kier alpha value is -2.29. The number of nitrogen functional groups attached to an aromatic ring is 1. The van der Waals surface area contributed by atoms with Crippen molar-refractivity contribution in [1.82, 2.24) is 29.7 Å². The molecule has 1 aliphatic rings. The predicted molar refractivity (Wildman–Crippen MR) is 75.7 cm³/mol. The van der Waals surface area contributed by atoms with Gasteiger partial charge in [0.15, 0.2) is 0 Å². The molecule has 0 spiro atoms. The molecule has 0 aromatic carbocycles. The van der Waals surface area contributed by atoms with Gasteiger partial charge in [0.1, 0.15) is 12.7 Å². The van der Waals surface area contributed by atoms with E-state index in [1.165, 1.54) is 17.3 Å². The molecule has 21 heavy (non-hydrogen) atoms. The number of hydrogen-bond donors (Lipinski definition) is 3. The Kier molecular flexibility index (Phi) is 3.91. The fourth-order valence-electron chi connectivity index (χ4n) is 2.48. The highest BCUT2D eigenvalue weighted by Crippen LogP contribution is 2.20. The van der Waals surface area contributed by atoms with Gasteiger partial charge in [0.05, 0.1) is 12.1 Å². The van der Waals surface area contributed by atoms with Crippen LogP contribution in [0.1, 0.15) is 32.1 Å². The van der Waals surface area contributed by atoms with E-state index < -0.39 is 6.10 Å². The summed E-state index contributed by atoms with van der Waals surface area (Å²) < 4.78 is 1.41. The first-order valence-electron chi connectivity index (χ1n) is 7.03. The van der Waals surface area contributed by atoms with E-state index in [4.69, 9.17) is 5.73 Å². The van der Waals surface area contributed by atoms with E-state index in [1.807, 2.05) is 0 Å². The van der Waals surface area contributed by atoms with Gasteiger partial charge in [-0.2, -0.15) is 24.7 Å².